The molecule has 5 rings (SSSR count). The summed E-state index contributed by atoms with van der Waals surface area (Å²) < 4.78 is 33.9. The molecule has 0 aromatic heterocycles. The van der Waals surface area contributed by atoms with Gasteiger partial charge in [-0.05, 0) is 60.5 Å². The summed E-state index contributed by atoms with van der Waals surface area (Å²) in [5.74, 6) is 0.918. The van der Waals surface area contributed by atoms with Gasteiger partial charge in [0, 0.05) is 30.9 Å². The van der Waals surface area contributed by atoms with Gasteiger partial charge in [0.25, 0.3) is 0 Å². The zero-order valence-electron chi connectivity index (χ0n) is 18.9. The Hall–Kier alpha value is -2.12. The first-order valence-electron chi connectivity index (χ1n) is 11.4. The Morgan fingerprint density at radius 3 is 2.67 bits per heavy atom. The predicted octanol–water partition coefficient (Wildman–Crippen LogP) is 4.43. The second kappa shape index (κ2) is 10.0. The Morgan fingerprint density at radius 2 is 1.88 bits per heavy atom. The largest absolute Gasteiger partial charge is 0.497 e. The number of benzene rings is 3. The van der Waals surface area contributed by atoms with E-state index in [0.717, 1.165) is 55.4 Å². The fourth-order valence-corrected chi connectivity index (χ4v) is 7.67. The summed E-state index contributed by atoms with van der Waals surface area (Å²) in [5, 5.41) is 4.67. The zero-order chi connectivity index (χ0) is 22.1. The lowest BCUT2D eigenvalue weighted by molar-refractivity contribution is 0.162. The Bertz CT molecular complexity index is 1220. The molecule has 0 radical (unpaired) electrons. The van der Waals surface area contributed by atoms with E-state index in [1.54, 1.807) is 13.2 Å². The van der Waals surface area contributed by atoms with E-state index in [1.807, 2.05) is 42.5 Å². The van der Waals surface area contributed by atoms with Crippen LogP contribution in [0, 0.1) is 5.92 Å². The molecule has 2 aliphatic heterocycles. The molecule has 2 unspecified atom stereocenters. The van der Waals surface area contributed by atoms with Crippen molar-refractivity contribution in [2.45, 2.75) is 36.1 Å². The maximum absolute atomic E-state index is 14.3. The predicted molar refractivity (Wildman–Crippen MR) is 135 cm³/mol. The first-order valence-corrected chi connectivity index (χ1v) is 12.9. The average Bonchev–Trinajstić information content (AvgIpc) is 2.84. The van der Waals surface area contributed by atoms with E-state index >= 15 is 0 Å². The number of hydrogen-bond acceptors (Lipinski definition) is 5. The van der Waals surface area contributed by atoms with E-state index < -0.39 is 15.2 Å². The maximum atomic E-state index is 14.3. The van der Waals surface area contributed by atoms with Crippen LogP contribution in [0.2, 0.25) is 0 Å². The summed E-state index contributed by atoms with van der Waals surface area (Å²) in [6.45, 7) is 3.07. The number of nitrogens with one attached hydrogen (secondary N) is 1. The van der Waals surface area contributed by atoms with Gasteiger partial charge in [-0.3, -0.25) is 4.90 Å². The van der Waals surface area contributed by atoms with E-state index in [2.05, 4.69) is 22.3 Å². The van der Waals surface area contributed by atoms with Crippen LogP contribution in [0.1, 0.15) is 24.0 Å². The number of hydrogen-bond donors (Lipinski definition) is 1. The van der Waals surface area contributed by atoms with Gasteiger partial charge in [0.15, 0.2) is 9.84 Å². The van der Waals surface area contributed by atoms with Gasteiger partial charge in [-0.25, -0.2) is 8.42 Å². The minimum absolute atomic E-state index is 0. The summed E-state index contributed by atoms with van der Waals surface area (Å²) in [4.78, 5) is 2.65. The minimum Gasteiger partial charge on any atom is -0.497 e. The van der Waals surface area contributed by atoms with Crippen molar-refractivity contribution in [2.24, 2.45) is 5.92 Å². The van der Waals surface area contributed by atoms with Crippen molar-refractivity contribution in [2.75, 3.05) is 26.7 Å². The van der Waals surface area contributed by atoms with Crippen molar-refractivity contribution in [3.05, 3.63) is 71.8 Å². The average molecular weight is 487 g/mol. The summed E-state index contributed by atoms with van der Waals surface area (Å²) >= 11 is 0. The van der Waals surface area contributed by atoms with Gasteiger partial charge >= 0.3 is 0 Å². The number of ether oxygens (including phenoxy) is 1. The molecule has 0 amide bonds. The molecule has 1 fully saturated rings. The standard InChI is InChI=1S/C26H30N2O3S.ClH/c1-31-23-12-11-22-18-28(15-13-20(22)16-23)26(21-8-5-14-27-17-21)32(29,30)25-10-4-7-19-6-2-3-9-24(19)25;/h2-4,6-7,9-12,16,21,26-27H,5,8,13-15,17-18H2,1H3;1H. The molecule has 2 aliphatic rings. The first-order chi connectivity index (χ1) is 15.6. The smallest absolute Gasteiger partial charge is 0.195 e. The van der Waals surface area contributed by atoms with Crippen molar-refractivity contribution in [1.29, 1.82) is 0 Å². The lowest BCUT2D eigenvalue weighted by Gasteiger charge is -2.40. The monoisotopic (exact) mass is 486 g/mol. The van der Waals surface area contributed by atoms with Crippen LogP contribution in [-0.2, 0) is 22.8 Å². The quantitative estimate of drug-likeness (QED) is 0.578. The van der Waals surface area contributed by atoms with Crippen molar-refractivity contribution in [1.82, 2.24) is 10.2 Å². The van der Waals surface area contributed by atoms with Crippen LogP contribution in [0.4, 0.5) is 0 Å². The van der Waals surface area contributed by atoms with Crippen molar-refractivity contribution >= 4 is 33.0 Å². The highest BCUT2D eigenvalue weighted by atomic mass is 35.5. The number of piperidine rings is 1. The van der Waals surface area contributed by atoms with E-state index in [0.29, 0.717) is 11.4 Å². The van der Waals surface area contributed by atoms with Gasteiger partial charge in [-0.1, -0.05) is 42.5 Å². The van der Waals surface area contributed by atoms with Crippen LogP contribution < -0.4 is 10.1 Å². The lowest BCUT2D eigenvalue weighted by Crippen LogP contribution is -2.52. The number of halogens is 1. The Balaban J connectivity index is 0.00000259. The highest BCUT2D eigenvalue weighted by Gasteiger charge is 2.41. The van der Waals surface area contributed by atoms with E-state index in [9.17, 15) is 8.42 Å². The molecule has 3 aromatic rings. The Kier molecular flexibility index (Phi) is 7.29. The molecule has 2 heterocycles. The highest BCUT2D eigenvalue weighted by molar-refractivity contribution is 7.92. The van der Waals surface area contributed by atoms with E-state index in [4.69, 9.17) is 4.74 Å². The second-order valence-electron chi connectivity index (χ2n) is 8.87. The fraction of sp³-hybridized carbons (Fsp3) is 0.385. The van der Waals surface area contributed by atoms with Gasteiger partial charge in [-0.15, -0.1) is 12.4 Å². The third-order valence-electron chi connectivity index (χ3n) is 6.93. The summed E-state index contributed by atoms with van der Waals surface area (Å²) in [5.41, 5.74) is 2.45. The van der Waals surface area contributed by atoms with Crippen molar-refractivity contribution in [3.8, 4) is 5.75 Å². The molecule has 0 saturated carbocycles. The number of methoxy groups -OCH3 is 1. The van der Waals surface area contributed by atoms with Crippen LogP contribution in [-0.4, -0.2) is 45.4 Å². The fourth-order valence-electron chi connectivity index (χ4n) is 5.34. The first kappa shape index (κ1) is 24.0. The summed E-state index contributed by atoms with van der Waals surface area (Å²) in [7, 11) is -1.90. The summed E-state index contributed by atoms with van der Waals surface area (Å²) in [6, 6.07) is 19.6. The van der Waals surface area contributed by atoms with Crippen LogP contribution in [0.25, 0.3) is 10.8 Å². The van der Waals surface area contributed by atoms with Crippen molar-refractivity contribution in [3.63, 3.8) is 0 Å². The van der Waals surface area contributed by atoms with Gasteiger partial charge in [-0.2, -0.15) is 0 Å². The number of sulfone groups is 1. The molecule has 7 heteroatoms. The molecular weight excluding hydrogens is 456 g/mol. The molecule has 1 saturated heterocycles. The lowest BCUT2D eigenvalue weighted by atomic mass is 9.95. The van der Waals surface area contributed by atoms with Gasteiger partial charge in [0.05, 0.1) is 12.0 Å². The van der Waals surface area contributed by atoms with Crippen LogP contribution in [0.5, 0.6) is 5.75 Å². The third kappa shape index (κ3) is 4.62. The molecule has 1 N–H and O–H groups in total. The number of fused-ring (bicyclic) bond motifs is 2. The normalized spacial score (nSPS) is 20.0. The molecule has 5 nitrogen and oxygen atoms in total. The van der Waals surface area contributed by atoms with Gasteiger partial charge < -0.3 is 10.1 Å². The van der Waals surface area contributed by atoms with E-state index in [1.165, 1.54) is 11.1 Å². The minimum atomic E-state index is -3.58. The molecular formula is C26H31ClN2O3S. The topological polar surface area (TPSA) is 58.6 Å². The molecule has 3 aromatic carbocycles. The molecule has 0 spiro atoms. The number of rotatable bonds is 5. The SMILES string of the molecule is COc1ccc2c(c1)CCN(C(C1CCCNC1)S(=O)(=O)c1cccc3ccccc13)C2.Cl. The third-order valence-corrected chi connectivity index (χ3v) is 9.22. The molecule has 0 bridgehead atoms. The highest BCUT2D eigenvalue weighted by Crippen LogP contribution is 2.35. The molecule has 2 atom stereocenters. The zero-order valence-corrected chi connectivity index (χ0v) is 20.5. The molecule has 33 heavy (non-hydrogen) atoms. The van der Waals surface area contributed by atoms with E-state index in [-0.39, 0.29) is 18.3 Å². The molecule has 176 valence electrons. The summed E-state index contributed by atoms with van der Waals surface area (Å²) in [6.07, 6.45) is 2.76. The Labute approximate surface area is 202 Å². The second-order valence-corrected chi connectivity index (χ2v) is 10.9. The van der Waals surface area contributed by atoms with Crippen LogP contribution in [0.15, 0.2) is 65.6 Å². The van der Waals surface area contributed by atoms with Gasteiger partial charge in [0.2, 0.25) is 0 Å². The molecule has 0 aliphatic carbocycles. The Morgan fingerprint density at radius 1 is 1.06 bits per heavy atom. The van der Waals surface area contributed by atoms with Gasteiger partial charge in [0.1, 0.15) is 11.1 Å². The van der Waals surface area contributed by atoms with Crippen molar-refractivity contribution < 1.29 is 13.2 Å². The number of nitrogens with zero attached hydrogens (tertiary/aromatic N) is 1. The van der Waals surface area contributed by atoms with Crippen LogP contribution >= 0.6 is 12.4 Å². The maximum Gasteiger partial charge on any atom is 0.195 e. The van der Waals surface area contributed by atoms with Crippen LogP contribution in [0.3, 0.4) is 0 Å².